The molecule has 1 heterocycles. The summed E-state index contributed by atoms with van der Waals surface area (Å²) >= 11 is 0. The molecule has 7 heteroatoms. The Balaban J connectivity index is 1.94. The summed E-state index contributed by atoms with van der Waals surface area (Å²) in [4.78, 5) is 14.9. The Labute approximate surface area is 172 Å². The van der Waals surface area contributed by atoms with Crippen molar-refractivity contribution in [2.24, 2.45) is 5.92 Å². The number of hydrogen-bond acceptors (Lipinski definition) is 4. The van der Waals surface area contributed by atoms with E-state index in [9.17, 15) is 13.2 Å². The lowest BCUT2D eigenvalue weighted by Crippen LogP contribution is -2.38. The predicted octanol–water partition coefficient (Wildman–Crippen LogP) is 3.98. The maximum absolute atomic E-state index is 13.1. The minimum Gasteiger partial charge on any atom is -0.496 e. The summed E-state index contributed by atoms with van der Waals surface area (Å²) in [5, 5.41) is 0. The Morgan fingerprint density at radius 1 is 1.10 bits per heavy atom. The molecule has 1 N–H and O–H groups in total. The Kier molecular flexibility index (Phi) is 6.17. The molecule has 6 nitrogen and oxygen atoms in total. The van der Waals surface area contributed by atoms with E-state index in [2.05, 4.69) is 11.6 Å². The molecule has 1 aliphatic heterocycles. The van der Waals surface area contributed by atoms with Gasteiger partial charge in [0.05, 0.1) is 23.3 Å². The van der Waals surface area contributed by atoms with E-state index in [1.807, 2.05) is 32.0 Å². The lowest BCUT2D eigenvalue weighted by molar-refractivity contribution is 0.0693. The van der Waals surface area contributed by atoms with Gasteiger partial charge in [-0.05, 0) is 61.9 Å². The van der Waals surface area contributed by atoms with Gasteiger partial charge in [-0.1, -0.05) is 25.1 Å². The van der Waals surface area contributed by atoms with Crippen LogP contribution in [0.15, 0.2) is 41.3 Å². The SMILES string of the molecule is COc1ccc(S(=O)(=O)Nc2c(C)cccc2C)cc1C(=O)N1CCC(C)CC1. The van der Waals surface area contributed by atoms with Gasteiger partial charge in [-0.15, -0.1) is 0 Å². The van der Waals surface area contributed by atoms with Gasteiger partial charge in [0.1, 0.15) is 5.75 Å². The van der Waals surface area contributed by atoms with Crippen LogP contribution in [-0.4, -0.2) is 39.4 Å². The fraction of sp³-hybridized carbons (Fsp3) is 0.409. The third-order valence-corrected chi connectivity index (χ3v) is 6.85. The van der Waals surface area contributed by atoms with Crippen LogP contribution in [0.3, 0.4) is 0 Å². The third kappa shape index (κ3) is 4.56. The summed E-state index contributed by atoms with van der Waals surface area (Å²) in [5.74, 6) is 0.770. The van der Waals surface area contributed by atoms with E-state index >= 15 is 0 Å². The number of carbonyl (C=O) groups excluding carboxylic acids is 1. The molecule has 156 valence electrons. The normalized spacial score (nSPS) is 15.2. The first-order valence-corrected chi connectivity index (χ1v) is 11.3. The first kappa shape index (κ1) is 21.2. The number of benzene rings is 2. The Hall–Kier alpha value is -2.54. The van der Waals surface area contributed by atoms with Crippen LogP contribution in [0.5, 0.6) is 5.75 Å². The highest BCUT2D eigenvalue weighted by Gasteiger charge is 2.26. The number of likely N-dealkylation sites (tertiary alicyclic amines) is 1. The minimum absolute atomic E-state index is 0.0367. The summed E-state index contributed by atoms with van der Waals surface area (Å²) < 4.78 is 34.1. The second-order valence-corrected chi connectivity index (χ2v) is 9.39. The number of nitrogens with one attached hydrogen (secondary N) is 1. The van der Waals surface area contributed by atoms with E-state index in [-0.39, 0.29) is 16.4 Å². The highest BCUT2D eigenvalue weighted by atomic mass is 32.2. The second kappa shape index (κ2) is 8.45. The maximum atomic E-state index is 13.1. The standard InChI is InChI=1S/C22H28N2O4S/c1-15-10-12-24(13-11-15)22(25)19-14-18(8-9-20(19)28-4)29(26,27)23-21-16(2)6-5-7-17(21)3/h5-9,14-15,23H,10-13H2,1-4H3. The molecule has 0 unspecified atom stereocenters. The van der Waals surface area contributed by atoms with Crippen LogP contribution in [0.25, 0.3) is 0 Å². The molecule has 0 radical (unpaired) electrons. The Morgan fingerprint density at radius 2 is 1.72 bits per heavy atom. The third-order valence-electron chi connectivity index (χ3n) is 5.50. The smallest absolute Gasteiger partial charge is 0.261 e. The lowest BCUT2D eigenvalue weighted by atomic mass is 9.98. The molecule has 0 saturated carbocycles. The molecule has 0 aliphatic carbocycles. The molecule has 0 bridgehead atoms. The quantitative estimate of drug-likeness (QED) is 0.800. The Bertz CT molecular complexity index is 989. The van der Waals surface area contributed by atoms with Gasteiger partial charge in [0.15, 0.2) is 0 Å². The molecular weight excluding hydrogens is 388 g/mol. The van der Waals surface area contributed by atoms with Crippen molar-refractivity contribution < 1.29 is 17.9 Å². The van der Waals surface area contributed by atoms with E-state index in [1.165, 1.54) is 19.2 Å². The topological polar surface area (TPSA) is 75.7 Å². The van der Waals surface area contributed by atoms with Gasteiger partial charge in [-0.2, -0.15) is 0 Å². The largest absolute Gasteiger partial charge is 0.496 e. The predicted molar refractivity (Wildman–Crippen MR) is 114 cm³/mol. The van der Waals surface area contributed by atoms with Gasteiger partial charge in [0, 0.05) is 13.1 Å². The zero-order valence-electron chi connectivity index (χ0n) is 17.4. The number of hydrogen-bond donors (Lipinski definition) is 1. The minimum atomic E-state index is -3.86. The van der Waals surface area contributed by atoms with Gasteiger partial charge < -0.3 is 9.64 Å². The summed E-state index contributed by atoms with van der Waals surface area (Å²) in [6.07, 6.45) is 1.89. The van der Waals surface area contributed by atoms with Crippen molar-refractivity contribution in [2.45, 2.75) is 38.5 Å². The molecular formula is C22H28N2O4S. The molecule has 1 saturated heterocycles. The van der Waals surface area contributed by atoms with E-state index < -0.39 is 10.0 Å². The van der Waals surface area contributed by atoms with Gasteiger partial charge in [0.25, 0.3) is 15.9 Å². The van der Waals surface area contributed by atoms with Crippen LogP contribution in [0.1, 0.15) is 41.3 Å². The molecule has 0 spiro atoms. The number of amides is 1. The van der Waals surface area contributed by atoms with Gasteiger partial charge in [-0.3, -0.25) is 9.52 Å². The number of rotatable bonds is 5. The highest BCUT2D eigenvalue weighted by molar-refractivity contribution is 7.92. The average Bonchev–Trinajstić information content (AvgIpc) is 2.70. The summed E-state index contributed by atoms with van der Waals surface area (Å²) in [5.41, 5.74) is 2.49. The molecule has 3 rings (SSSR count). The van der Waals surface area contributed by atoms with Crippen LogP contribution in [0.2, 0.25) is 0 Å². The maximum Gasteiger partial charge on any atom is 0.261 e. The molecule has 0 atom stereocenters. The van der Waals surface area contributed by atoms with Gasteiger partial charge >= 0.3 is 0 Å². The number of ether oxygens (including phenoxy) is 1. The second-order valence-electron chi connectivity index (χ2n) is 7.71. The molecule has 2 aromatic carbocycles. The molecule has 1 fully saturated rings. The fourth-order valence-corrected chi connectivity index (χ4v) is 4.80. The number of methoxy groups -OCH3 is 1. The van der Waals surface area contributed by atoms with Crippen LogP contribution in [0, 0.1) is 19.8 Å². The molecule has 29 heavy (non-hydrogen) atoms. The molecule has 0 aromatic heterocycles. The number of anilines is 1. The number of carbonyl (C=O) groups is 1. The van der Waals surface area contributed by atoms with Crippen LogP contribution in [0.4, 0.5) is 5.69 Å². The van der Waals surface area contributed by atoms with Crippen molar-refractivity contribution in [3.05, 3.63) is 53.1 Å². The van der Waals surface area contributed by atoms with Gasteiger partial charge in [0.2, 0.25) is 0 Å². The summed E-state index contributed by atoms with van der Waals surface area (Å²) in [6, 6.07) is 10.0. The number of piperidine rings is 1. The summed E-state index contributed by atoms with van der Waals surface area (Å²) in [6.45, 7) is 7.22. The van der Waals surface area contributed by atoms with Crippen LogP contribution in [-0.2, 0) is 10.0 Å². The number of nitrogens with zero attached hydrogens (tertiary/aromatic N) is 1. The van der Waals surface area contributed by atoms with E-state index in [0.29, 0.717) is 30.4 Å². The summed E-state index contributed by atoms with van der Waals surface area (Å²) in [7, 11) is -2.38. The van der Waals surface area contributed by atoms with Crippen molar-refractivity contribution in [2.75, 3.05) is 24.9 Å². The number of aryl methyl sites for hydroxylation is 2. The van der Waals surface area contributed by atoms with Crippen molar-refractivity contribution in [3.63, 3.8) is 0 Å². The fourth-order valence-electron chi connectivity index (χ4n) is 3.57. The van der Waals surface area contributed by atoms with E-state index in [4.69, 9.17) is 4.74 Å². The first-order chi connectivity index (χ1) is 13.7. The number of sulfonamides is 1. The molecule has 2 aromatic rings. The van der Waals surface area contributed by atoms with E-state index in [1.54, 1.807) is 11.0 Å². The number of para-hydroxylation sites is 1. The van der Waals surface area contributed by atoms with Crippen molar-refractivity contribution in [1.29, 1.82) is 0 Å². The monoisotopic (exact) mass is 416 g/mol. The highest BCUT2D eigenvalue weighted by Crippen LogP contribution is 2.28. The Morgan fingerprint density at radius 3 is 2.31 bits per heavy atom. The van der Waals surface area contributed by atoms with Crippen LogP contribution >= 0.6 is 0 Å². The first-order valence-electron chi connectivity index (χ1n) is 9.79. The zero-order valence-corrected chi connectivity index (χ0v) is 18.2. The van der Waals surface area contributed by atoms with E-state index in [0.717, 1.165) is 24.0 Å². The zero-order chi connectivity index (χ0) is 21.2. The van der Waals surface area contributed by atoms with Crippen molar-refractivity contribution in [3.8, 4) is 5.75 Å². The lowest BCUT2D eigenvalue weighted by Gasteiger charge is -2.30. The van der Waals surface area contributed by atoms with Crippen molar-refractivity contribution in [1.82, 2.24) is 4.90 Å². The van der Waals surface area contributed by atoms with Crippen LogP contribution < -0.4 is 9.46 Å². The van der Waals surface area contributed by atoms with Crippen molar-refractivity contribution >= 4 is 21.6 Å². The molecule has 1 amide bonds. The van der Waals surface area contributed by atoms with Gasteiger partial charge in [-0.25, -0.2) is 8.42 Å². The molecule has 1 aliphatic rings. The average molecular weight is 417 g/mol.